The molecule has 0 spiro atoms. The number of rotatable bonds is 3. The number of hydrogen-bond acceptors (Lipinski definition) is 6. The second-order valence-electron chi connectivity index (χ2n) is 11.4. The number of carbonyl (C=O) groups is 2. The highest BCUT2D eigenvalue weighted by Crippen LogP contribution is 2.70. The lowest BCUT2D eigenvalue weighted by Crippen LogP contribution is -2.68. The van der Waals surface area contributed by atoms with Crippen LogP contribution in [0, 0.1) is 34.5 Å². The molecule has 0 amide bonds. The summed E-state index contributed by atoms with van der Waals surface area (Å²) in [5, 5.41) is 33.3. The van der Waals surface area contributed by atoms with Gasteiger partial charge < -0.3 is 20.1 Å². The summed E-state index contributed by atoms with van der Waals surface area (Å²) >= 11 is 0. The average Bonchev–Trinajstić information content (AvgIpc) is 2.90. The molecule has 3 N–H and O–H groups in total. The van der Waals surface area contributed by atoms with Crippen LogP contribution in [0.2, 0.25) is 0 Å². The van der Waals surface area contributed by atoms with Gasteiger partial charge in [0.2, 0.25) is 5.78 Å². The van der Waals surface area contributed by atoms with Crippen molar-refractivity contribution in [3.8, 4) is 0 Å². The Hall–Kier alpha value is -1.05. The van der Waals surface area contributed by atoms with Gasteiger partial charge in [-0.05, 0) is 62.2 Å². The van der Waals surface area contributed by atoms with Crippen LogP contribution in [-0.4, -0.2) is 57.2 Å². The van der Waals surface area contributed by atoms with Crippen molar-refractivity contribution in [2.75, 3.05) is 6.61 Å². The molecule has 0 radical (unpaired) electrons. The van der Waals surface area contributed by atoms with Gasteiger partial charge in [0.05, 0.1) is 6.10 Å². The van der Waals surface area contributed by atoms with E-state index in [4.69, 9.17) is 4.74 Å². The summed E-state index contributed by atoms with van der Waals surface area (Å²) in [6.45, 7) is 6.55. The van der Waals surface area contributed by atoms with Crippen LogP contribution >= 0.6 is 0 Å². The first-order valence-corrected chi connectivity index (χ1v) is 11.7. The molecule has 4 saturated carbocycles. The van der Waals surface area contributed by atoms with E-state index in [1.165, 1.54) is 6.92 Å². The van der Waals surface area contributed by atoms with Crippen molar-refractivity contribution in [3.63, 3.8) is 0 Å². The minimum absolute atomic E-state index is 0.0488. The quantitative estimate of drug-likeness (QED) is 0.583. The molecule has 7 heteroatoms. The third-order valence-electron chi connectivity index (χ3n) is 10.2. The van der Waals surface area contributed by atoms with Gasteiger partial charge in [-0.3, -0.25) is 9.59 Å². The average molecular weight is 441 g/mol. The molecular weight excluding hydrogens is 403 g/mol. The van der Waals surface area contributed by atoms with Gasteiger partial charge in [-0.15, -0.1) is 0 Å². The first kappa shape index (κ1) is 23.1. The molecule has 4 fully saturated rings. The Bertz CT molecular complexity index is 773. The number of fused-ring (bicyclic) bond motifs is 5. The highest BCUT2D eigenvalue weighted by atomic mass is 19.1. The van der Waals surface area contributed by atoms with Crippen LogP contribution in [0.3, 0.4) is 0 Å². The van der Waals surface area contributed by atoms with E-state index in [-0.39, 0.29) is 36.5 Å². The fraction of sp³-hybridized carbons (Fsp3) is 0.917. The van der Waals surface area contributed by atoms with E-state index in [0.29, 0.717) is 32.1 Å². The first-order valence-electron chi connectivity index (χ1n) is 11.7. The Morgan fingerprint density at radius 1 is 1.06 bits per heavy atom. The Labute approximate surface area is 183 Å². The second-order valence-corrected chi connectivity index (χ2v) is 11.4. The van der Waals surface area contributed by atoms with Gasteiger partial charge in [-0.25, -0.2) is 4.39 Å². The molecule has 4 rings (SSSR count). The van der Waals surface area contributed by atoms with Gasteiger partial charge in [0, 0.05) is 24.2 Å². The number of carbonyl (C=O) groups excluding carboxylic acids is 2. The van der Waals surface area contributed by atoms with E-state index in [0.717, 1.165) is 0 Å². The molecule has 0 bridgehead atoms. The SMILES string of the molecule is CC(=O)OCC(=O)[C@]1(O)[C@@H](C)C[C@H]2[C@@H]3C[C@H](F)[C@]4(O)C[C@H](O)CC[C@]4(C)[C@H]3CC[C@@]21C. The van der Waals surface area contributed by atoms with Gasteiger partial charge in [0.1, 0.15) is 17.4 Å². The fourth-order valence-corrected chi connectivity index (χ4v) is 8.42. The maximum atomic E-state index is 15.6. The zero-order chi connectivity index (χ0) is 23.0. The zero-order valence-corrected chi connectivity index (χ0v) is 19.1. The number of aliphatic hydroxyl groups is 3. The Morgan fingerprint density at radius 3 is 2.35 bits per heavy atom. The maximum absolute atomic E-state index is 15.6. The standard InChI is InChI=1S/C24H37FO6/c1-13-9-18-16-10-19(25)23(29)11-15(27)5-7-21(23,3)17(16)6-8-22(18,4)24(13,30)20(28)12-31-14(2)26/h13,15-19,27,29-30H,5-12H2,1-4H3/t13-,15+,16+,17-,18-,19-,21+,22-,23+,24+/m0/s1. The minimum atomic E-state index is -1.62. The van der Waals surface area contributed by atoms with E-state index in [1.54, 1.807) is 0 Å². The fourth-order valence-electron chi connectivity index (χ4n) is 8.42. The molecule has 31 heavy (non-hydrogen) atoms. The molecule has 0 aromatic carbocycles. The number of alkyl halides is 1. The Morgan fingerprint density at radius 2 is 1.71 bits per heavy atom. The largest absolute Gasteiger partial charge is 0.458 e. The number of Topliss-reactive ketones (excluding diaryl/α,β-unsaturated/α-hetero) is 1. The van der Waals surface area contributed by atoms with Crippen molar-refractivity contribution in [2.45, 2.75) is 96.1 Å². The summed E-state index contributed by atoms with van der Waals surface area (Å²) in [7, 11) is 0. The van der Waals surface area contributed by atoms with Gasteiger partial charge in [0.25, 0.3) is 0 Å². The van der Waals surface area contributed by atoms with E-state index in [2.05, 4.69) is 0 Å². The van der Waals surface area contributed by atoms with Crippen LogP contribution in [0.1, 0.15) is 72.6 Å². The lowest BCUT2D eigenvalue weighted by atomic mass is 9.42. The predicted octanol–water partition coefficient (Wildman–Crippen LogP) is 2.56. The van der Waals surface area contributed by atoms with E-state index >= 15 is 4.39 Å². The number of ketones is 1. The normalized spacial score (nSPS) is 53.8. The second kappa shape index (κ2) is 7.22. The number of halogens is 1. The molecule has 6 nitrogen and oxygen atoms in total. The topological polar surface area (TPSA) is 104 Å². The van der Waals surface area contributed by atoms with Crippen molar-refractivity contribution >= 4 is 11.8 Å². The van der Waals surface area contributed by atoms with Crippen LogP contribution in [0.15, 0.2) is 0 Å². The van der Waals surface area contributed by atoms with Crippen LogP contribution in [0.4, 0.5) is 4.39 Å². The predicted molar refractivity (Wildman–Crippen MR) is 111 cm³/mol. The first-order chi connectivity index (χ1) is 14.3. The van der Waals surface area contributed by atoms with Crippen LogP contribution in [0.25, 0.3) is 0 Å². The summed E-state index contributed by atoms with van der Waals surface area (Å²) in [6.07, 6.45) is 1.13. The van der Waals surface area contributed by atoms with Gasteiger partial charge in [0.15, 0.2) is 6.61 Å². The van der Waals surface area contributed by atoms with Crippen molar-refractivity contribution in [1.82, 2.24) is 0 Å². The van der Waals surface area contributed by atoms with Crippen LogP contribution in [0.5, 0.6) is 0 Å². The summed E-state index contributed by atoms with van der Waals surface area (Å²) in [5.74, 6) is -1.40. The van der Waals surface area contributed by atoms with Crippen LogP contribution < -0.4 is 0 Å². The maximum Gasteiger partial charge on any atom is 0.303 e. The zero-order valence-electron chi connectivity index (χ0n) is 19.1. The number of hydrogen-bond donors (Lipinski definition) is 3. The summed E-state index contributed by atoms with van der Waals surface area (Å²) in [5.41, 5.74) is -4.53. The number of esters is 1. The molecule has 0 aliphatic heterocycles. The lowest BCUT2D eigenvalue weighted by molar-refractivity contribution is -0.253. The minimum Gasteiger partial charge on any atom is -0.458 e. The molecule has 10 atom stereocenters. The summed E-state index contributed by atoms with van der Waals surface area (Å²) in [6, 6.07) is 0. The van der Waals surface area contributed by atoms with E-state index < -0.39 is 52.7 Å². The molecule has 0 saturated heterocycles. The van der Waals surface area contributed by atoms with Gasteiger partial charge >= 0.3 is 5.97 Å². The molecule has 176 valence electrons. The van der Waals surface area contributed by atoms with Crippen molar-refractivity contribution in [1.29, 1.82) is 0 Å². The van der Waals surface area contributed by atoms with E-state index in [1.807, 2.05) is 20.8 Å². The molecule has 0 aromatic rings. The smallest absolute Gasteiger partial charge is 0.303 e. The molecule has 4 aliphatic rings. The van der Waals surface area contributed by atoms with Gasteiger partial charge in [-0.2, -0.15) is 0 Å². The molecule has 0 heterocycles. The highest BCUT2D eigenvalue weighted by molar-refractivity contribution is 5.91. The summed E-state index contributed by atoms with van der Waals surface area (Å²) in [4.78, 5) is 24.3. The lowest BCUT2D eigenvalue weighted by Gasteiger charge is -2.65. The number of aliphatic hydroxyl groups excluding tert-OH is 1. The highest BCUT2D eigenvalue weighted by Gasteiger charge is 2.72. The molecule has 0 unspecified atom stereocenters. The van der Waals surface area contributed by atoms with E-state index in [9.17, 15) is 24.9 Å². The van der Waals surface area contributed by atoms with Crippen molar-refractivity contribution in [3.05, 3.63) is 0 Å². The molecule has 0 aromatic heterocycles. The Kier molecular flexibility index (Phi) is 5.39. The summed E-state index contributed by atoms with van der Waals surface area (Å²) < 4.78 is 20.5. The Balaban J connectivity index is 1.67. The van der Waals surface area contributed by atoms with Crippen molar-refractivity contribution in [2.24, 2.45) is 34.5 Å². The van der Waals surface area contributed by atoms with Crippen molar-refractivity contribution < 1.29 is 34.0 Å². The number of ether oxygens (including phenoxy) is 1. The van der Waals surface area contributed by atoms with Crippen LogP contribution in [-0.2, 0) is 14.3 Å². The molecule has 4 aliphatic carbocycles. The third kappa shape index (κ3) is 2.91. The third-order valence-corrected chi connectivity index (χ3v) is 10.2. The van der Waals surface area contributed by atoms with Gasteiger partial charge in [-0.1, -0.05) is 20.8 Å². The molecular formula is C24H37FO6. The monoisotopic (exact) mass is 440 g/mol.